The molecule has 1 aromatic heterocycles. The fourth-order valence-electron chi connectivity index (χ4n) is 2.56. The summed E-state index contributed by atoms with van der Waals surface area (Å²) in [5.74, 6) is 0.720. The smallest absolute Gasteiger partial charge is 0.205 e. The lowest BCUT2D eigenvalue weighted by atomic mass is 9.70. The van der Waals surface area contributed by atoms with Crippen molar-refractivity contribution in [2.24, 2.45) is 11.3 Å². The van der Waals surface area contributed by atoms with Gasteiger partial charge < -0.3 is 5.32 Å². The lowest BCUT2D eigenvalue weighted by Gasteiger charge is -2.39. The van der Waals surface area contributed by atoms with Crippen LogP contribution in [0.25, 0.3) is 0 Å². The van der Waals surface area contributed by atoms with Crippen LogP contribution in [0.1, 0.15) is 40.0 Å². The van der Waals surface area contributed by atoms with E-state index in [0.717, 1.165) is 11.0 Å². The van der Waals surface area contributed by atoms with Crippen molar-refractivity contribution in [3.63, 3.8) is 0 Å². The molecule has 0 saturated heterocycles. The number of nitrogens with zero attached hydrogens (tertiary/aromatic N) is 2. The SMILES string of the molecule is CC1CC(C)(C)CCC1Nc1nncs1. The van der Waals surface area contributed by atoms with Gasteiger partial charge in [0.05, 0.1) is 0 Å². The molecule has 1 aliphatic rings. The first-order chi connectivity index (χ1) is 7.07. The Labute approximate surface area is 95.3 Å². The molecule has 0 aliphatic heterocycles. The van der Waals surface area contributed by atoms with E-state index < -0.39 is 0 Å². The Hall–Kier alpha value is -0.640. The summed E-state index contributed by atoms with van der Waals surface area (Å²) >= 11 is 1.59. The van der Waals surface area contributed by atoms with Gasteiger partial charge in [-0.05, 0) is 30.6 Å². The van der Waals surface area contributed by atoms with Gasteiger partial charge in [-0.25, -0.2) is 0 Å². The third kappa shape index (κ3) is 2.68. The third-order valence-corrected chi connectivity index (χ3v) is 3.98. The Morgan fingerprint density at radius 3 is 2.93 bits per heavy atom. The molecule has 2 rings (SSSR count). The van der Waals surface area contributed by atoms with Crippen molar-refractivity contribution < 1.29 is 0 Å². The molecule has 0 aromatic carbocycles. The molecule has 4 heteroatoms. The molecule has 2 atom stereocenters. The van der Waals surface area contributed by atoms with Crippen LogP contribution in [0, 0.1) is 11.3 Å². The highest BCUT2D eigenvalue weighted by Gasteiger charge is 2.32. The minimum absolute atomic E-state index is 0.513. The molecular weight excluding hydrogens is 206 g/mol. The van der Waals surface area contributed by atoms with Crippen LogP contribution in [-0.2, 0) is 0 Å². The van der Waals surface area contributed by atoms with Gasteiger partial charge in [0.25, 0.3) is 0 Å². The lowest BCUT2D eigenvalue weighted by molar-refractivity contribution is 0.177. The molecule has 1 saturated carbocycles. The molecule has 0 amide bonds. The van der Waals surface area contributed by atoms with Gasteiger partial charge in [-0.1, -0.05) is 32.1 Å². The van der Waals surface area contributed by atoms with E-state index in [4.69, 9.17) is 0 Å². The molecule has 2 unspecified atom stereocenters. The minimum atomic E-state index is 0.513. The Balaban J connectivity index is 1.95. The van der Waals surface area contributed by atoms with Crippen LogP contribution in [0.2, 0.25) is 0 Å². The second kappa shape index (κ2) is 4.08. The van der Waals surface area contributed by atoms with Crippen LogP contribution in [0.15, 0.2) is 5.51 Å². The van der Waals surface area contributed by atoms with Crippen molar-refractivity contribution in [1.29, 1.82) is 0 Å². The quantitative estimate of drug-likeness (QED) is 0.840. The maximum atomic E-state index is 4.04. The maximum Gasteiger partial charge on any atom is 0.205 e. The third-order valence-electron chi connectivity index (χ3n) is 3.36. The summed E-state index contributed by atoms with van der Waals surface area (Å²) in [6.45, 7) is 7.06. The highest BCUT2D eigenvalue weighted by atomic mass is 32.1. The van der Waals surface area contributed by atoms with Crippen molar-refractivity contribution in [3.05, 3.63) is 5.51 Å². The first-order valence-electron chi connectivity index (χ1n) is 5.59. The highest BCUT2D eigenvalue weighted by molar-refractivity contribution is 7.13. The van der Waals surface area contributed by atoms with Gasteiger partial charge in [0.2, 0.25) is 5.13 Å². The van der Waals surface area contributed by atoms with E-state index in [1.807, 2.05) is 0 Å². The predicted molar refractivity (Wildman–Crippen MR) is 64.1 cm³/mol. The van der Waals surface area contributed by atoms with Crippen LogP contribution in [-0.4, -0.2) is 16.2 Å². The number of nitrogens with one attached hydrogen (secondary N) is 1. The summed E-state index contributed by atoms with van der Waals surface area (Å²) in [5, 5.41) is 12.3. The molecule has 1 heterocycles. The molecule has 84 valence electrons. The van der Waals surface area contributed by atoms with Gasteiger partial charge in [0.1, 0.15) is 5.51 Å². The van der Waals surface area contributed by atoms with Gasteiger partial charge >= 0.3 is 0 Å². The zero-order valence-electron chi connectivity index (χ0n) is 9.66. The summed E-state index contributed by atoms with van der Waals surface area (Å²) in [6, 6.07) is 0.575. The van der Waals surface area contributed by atoms with Crippen molar-refractivity contribution in [1.82, 2.24) is 10.2 Å². The number of hydrogen-bond donors (Lipinski definition) is 1. The van der Waals surface area contributed by atoms with E-state index in [9.17, 15) is 0 Å². The van der Waals surface area contributed by atoms with E-state index in [2.05, 4.69) is 36.3 Å². The molecule has 1 aromatic rings. The van der Waals surface area contributed by atoms with E-state index in [1.54, 1.807) is 16.8 Å². The molecule has 1 N–H and O–H groups in total. The van der Waals surface area contributed by atoms with Gasteiger partial charge in [0, 0.05) is 6.04 Å². The first kappa shape index (κ1) is 10.9. The van der Waals surface area contributed by atoms with Crippen LogP contribution < -0.4 is 5.32 Å². The number of aromatic nitrogens is 2. The van der Waals surface area contributed by atoms with Crippen molar-refractivity contribution in [2.75, 3.05) is 5.32 Å². The average molecular weight is 225 g/mol. The fourth-order valence-corrected chi connectivity index (χ4v) is 3.06. The van der Waals surface area contributed by atoms with E-state index in [-0.39, 0.29) is 0 Å². The lowest BCUT2D eigenvalue weighted by Crippen LogP contribution is -2.36. The second-order valence-electron chi connectivity index (χ2n) is 5.38. The summed E-state index contributed by atoms with van der Waals surface area (Å²) < 4.78 is 0. The van der Waals surface area contributed by atoms with E-state index in [1.165, 1.54) is 19.3 Å². The first-order valence-corrected chi connectivity index (χ1v) is 6.47. The zero-order chi connectivity index (χ0) is 10.9. The predicted octanol–water partition coefficient (Wildman–Crippen LogP) is 3.16. The molecule has 0 radical (unpaired) electrons. The molecule has 1 aliphatic carbocycles. The number of hydrogen-bond acceptors (Lipinski definition) is 4. The second-order valence-corrected chi connectivity index (χ2v) is 6.21. The van der Waals surface area contributed by atoms with Gasteiger partial charge in [-0.15, -0.1) is 10.2 Å². The summed E-state index contributed by atoms with van der Waals surface area (Å²) in [5.41, 5.74) is 2.29. The molecule has 15 heavy (non-hydrogen) atoms. The van der Waals surface area contributed by atoms with Crippen molar-refractivity contribution in [2.45, 2.75) is 46.1 Å². The standard InChI is InChI=1S/C11H19N3S/c1-8-6-11(2,3)5-4-9(8)13-10-14-12-7-15-10/h7-9H,4-6H2,1-3H3,(H,13,14). The molecule has 3 nitrogen and oxygen atoms in total. The van der Waals surface area contributed by atoms with E-state index in [0.29, 0.717) is 11.5 Å². The van der Waals surface area contributed by atoms with Crippen LogP contribution in [0.4, 0.5) is 5.13 Å². The fraction of sp³-hybridized carbons (Fsp3) is 0.818. The summed E-state index contributed by atoms with van der Waals surface area (Å²) in [7, 11) is 0. The molecule has 0 bridgehead atoms. The topological polar surface area (TPSA) is 37.8 Å². The summed E-state index contributed by atoms with van der Waals surface area (Å²) in [4.78, 5) is 0. The Morgan fingerprint density at radius 2 is 2.33 bits per heavy atom. The molecular formula is C11H19N3S. The maximum absolute atomic E-state index is 4.04. The zero-order valence-corrected chi connectivity index (χ0v) is 10.5. The highest BCUT2D eigenvalue weighted by Crippen LogP contribution is 2.39. The number of rotatable bonds is 2. The van der Waals surface area contributed by atoms with Crippen LogP contribution in [0.3, 0.4) is 0 Å². The van der Waals surface area contributed by atoms with Gasteiger partial charge in [0.15, 0.2) is 0 Å². The van der Waals surface area contributed by atoms with Crippen molar-refractivity contribution >= 4 is 16.5 Å². The number of anilines is 1. The van der Waals surface area contributed by atoms with E-state index >= 15 is 0 Å². The largest absolute Gasteiger partial charge is 0.357 e. The summed E-state index contributed by atoms with van der Waals surface area (Å²) in [6.07, 6.45) is 3.84. The monoisotopic (exact) mass is 225 g/mol. The Bertz CT molecular complexity index is 308. The van der Waals surface area contributed by atoms with Gasteiger partial charge in [-0.2, -0.15) is 0 Å². The van der Waals surface area contributed by atoms with Gasteiger partial charge in [-0.3, -0.25) is 0 Å². The van der Waals surface area contributed by atoms with Crippen LogP contribution in [0.5, 0.6) is 0 Å². The Kier molecular flexibility index (Phi) is 2.96. The van der Waals surface area contributed by atoms with Crippen molar-refractivity contribution in [3.8, 4) is 0 Å². The Morgan fingerprint density at radius 1 is 1.53 bits per heavy atom. The molecule has 0 spiro atoms. The average Bonchev–Trinajstić information content (AvgIpc) is 2.61. The molecule has 1 fully saturated rings. The normalized spacial score (nSPS) is 30.1. The van der Waals surface area contributed by atoms with Crippen LogP contribution >= 0.6 is 11.3 Å². The minimum Gasteiger partial charge on any atom is -0.357 e.